The molecule has 1 nitrogen and oxygen atoms in total. The molecule has 1 unspecified atom stereocenters. The number of hydrogen-bond donors (Lipinski definition) is 1. The molecule has 0 fully saturated rings. The number of benzene rings is 2. The molecular formula is C18H18FNS. The van der Waals surface area contributed by atoms with E-state index in [9.17, 15) is 4.39 Å². The van der Waals surface area contributed by atoms with E-state index in [1.807, 2.05) is 12.1 Å². The van der Waals surface area contributed by atoms with Crippen LogP contribution in [0.3, 0.4) is 0 Å². The van der Waals surface area contributed by atoms with E-state index in [2.05, 4.69) is 31.3 Å². The summed E-state index contributed by atoms with van der Waals surface area (Å²) in [6, 6.07) is 13.2. The van der Waals surface area contributed by atoms with Crippen LogP contribution in [-0.4, -0.2) is 11.4 Å². The highest BCUT2D eigenvalue weighted by Gasteiger charge is 2.31. The maximum absolute atomic E-state index is 13.4. The molecule has 1 aliphatic heterocycles. The molecule has 0 spiro atoms. The van der Waals surface area contributed by atoms with Gasteiger partial charge in [0.25, 0.3) is 0 Å². The Hall–Kier alpha value is -1.74. The fourth-order valence-corrected chi connectivity index (χ4v) is 3.23. The largest absolute Gasteiger partial charge is 0.378 e. The van der Waals surface area contributed by atoms with Crippen LogP contribution in [0.1, 0.15) is 25.8 Å². The molecule has 21 heavy (non-hydrogen) atoms. The first-order valence-corrected chi connectivity index (χ1v) is 7.59. The lowest BCUT2D eigenvalue weighted by molar-refractivity contribution is 0.463. The lowest BCUT2D eigenvalue weighted by atomic mass is 9.75. The first-order chi connectivity index (χ1) is 9.99. The van der Waals surface area contributed by atoms with Gasteiger partial charge in [-0.1, -0.05) is 44.3 Å². The highest BCUT2D eigenvalue weighted by Crippen LogP contribution is 2.40. The first kappa shape index (κ1) is 14.2. The Balaban J connectivity index is 2.07. The van der Waals surface area contributed by atoms with Gasteiger partial charge in [0, 0.05) is 11.1 Å². The lowest BCUT2D eigenvalue weighted by Crippen LogP contribution is -2.36. The van der Waals surface area contributed by atoms with Gasteiger partial charge in [-0.15, -0.1) is 0 Å². The van der Waals surface area contributed by atoms with Crippen LogP contribution in [0.5, 0.6) is 0 Å². The Morgan fingerprint density at radius 2 is 1.95 bits per heavy atom. The van der Waals surface area contributed by atoms with E-state index >= 15 is 0 Å². The van der Waals surface area contributed by atoms with Gasteiger partial charge in [-0.25, -0.2) is 4.39 Å². The Bertz CT molecular complexity index is 693. The predicted molar refractivity (Wildman–Crippen MR) is 90.5 cm³/mol. The molecule has 2 aromatic rings. The lowest BCUT2D eigenvalue weighted by Gasteiger charge is -2.37. The van der Waals surface area contributed by atoms with Crippen molar-refractivity contribution in [2.45, 2.75) is 31.7 Å². The SMILES string of the molecule is CC1(C)CC(C=S)Nc2ccc(-c3cccc(F)c3)cc21. The summed E-state index contributed by atoms with van der Waals surface area (Å²) < 4.78 is 13.4. The summed E-state index contributed by atoms with van der Waals surface area (Å²) in [6.07, 6.45) is 0.968. The van der Waals surface area contributed by atoms with Crippen molar-refractivity contribution in [3.63, 3.8) is 0 Å². The van der Waals surface area contributed by atoms with Crippen LogP contribution in [-0.2, 0) is 5.41 Å². The Labute approximate surface area is 130 Å². The number of hydrogen-bond acceptors (Lipinski definition) is 2. The molecule has 0 radical (unpaired) electrons. The van der Waals surface area contributed by atoms with Crippen LogP contribution < -0.4 is 5.32 Å². The summed E-state index contributed by atoms with van der Waals surface area (Å²) in [5.41, 5.74) is 4.38. The topological polar surface area (TPSA) is 12.0 Å². The van der Waals surface area contributed by atoms with Gasteiger partial charge in [-0.2, -0.15) is 0 Å². The molecule has 0 saturated carbocycles. The molecule has 3 rings (SSSR count). The van der Waals surface area contributed by atoms with Gasteiger partial charge in [-0.3, -0.25) is 0 Å². The maximum Gasteiger partial charge on any atom is 0.123 e. The standard InChI is InChI=1S/C18H18FNS/c1-18(2)10-15(11-21)20-17-7-6-13(9-16(17)18)12-4-3-5-14(19)8-12/h3-9,11,15,20H,10H2,1-2H3. The second-order valence-electron chi connectivity index (χ2n) is 6.25. The van der Waals surface area contributed by atoms with Crippen LogP contribution in [0.25, 0.3) is 11.1 Å². The van der Waals surface area contributed by atoms with Gasteiger partial charge in [0.05, 0.1) is 6.04 Å². The molecule has 1 aliphatic rings. The van der Waals surface area contributed by atoms with Crippen molar-refractivity contribution < 1.29 is 4.39 Å². The zero-order chi connectivity index (χ0) is 15.0. The molecule has 1 N–H and O–H groups in total. The molecule has 1 atom stereocenters. The number of thiocarbonyl (C=S) groups is 1. The number of nitrogens with one attached hydrogen (secondary N) is 1. The Morgan fingerprint density at radius 1 is 1.19 bits per heavy atom. The molecule has 0 saturated heterocycles. The van der Waals surface area contributed by atoms with Crippen LogP contribution in [0.15, 0.2) is 42.5 Å². The highest BCUT2D eigenvalue weighted by atomic mass is 32.1. The monoisotopic (exact) mass is 299 g/mol. The number of anilines is 1. The maximum atomic E-state index is 13.4. The molecule has 108 valence electrons. The van der Waals surface area contributed by atoms with Crippen molar-refractivity contribution in [1.29, 1.82) is 0 Å². The molecule has 0 amide bonds. The van der Waals surface area contributed by atoms with E-state index < -0.39 is 0 Å². The summed E-state index contributed by atoms with van der Waals surface area (Å²) in [5, 5.41) is 5.26. The van der Waals surface area contributed by atoms with Crippen molar-refractivity contribution in [3.05, 3.63) is 53.8 Å². The van der Waals surface area contributed by atoms with Gasteiger partial charge in [0.1, 0.15) is 5.82 Å². The highest BCUT2D eigenvalue weighted by molar-refractivity contribution is 7.79. The zero-order valence-electron chi connectivity index (χ0n) is 12.2. The summed E-state index contributed by atoms with van der Waals surface area (Å²) in [5.74, 6) is -0.205. The van der Waals surface area contributed by atoms with E-state index in [1.165, 1.54) is 11.6 Å². The molecule has 3 heteroatoms. The van der Waals surface area contributed by atoms with E-state index in [-0.39, 0.29) is 17.3 Å². The average Bonchev–Trinajstić information content (AvgIpc) is 2.46. The van der Waals surface area contributed by atoms with Crippen LogP contribution in [0.2, 0.25) is 0 Å². The predicted octanol–water partition coefficient (Wildman–Crippen LogP) is 4.95. The normalized spacial score (nSPS) is 19.5. The van der Waals surface area contributed by atoms with Crippen LogP contribution in [0.4, 0.5) is 10.1 Å². The van der Waals surface area contributed by atoms with E-state index in [0.29, 0.717) is 0 Å². The first-order valence-electron chi connectivity index (χ1n) is 7.12. The van der Waals surface area contributed by atoms with Gasteiger partial charge < -0.3 is 5.32 Å². The van der Waals surface area contributed by atoms with Crippen molar-refractivity contribution in [1.82, 2.24) is 0 Å². The van der Waals surface area contributed by atoms with Crippen molar-refractivity contribution in [2.75, 3.05) is 5.32 Å². The summed E-state index contributed by atoms with van der Waals surface area (Å²) >= 11 is 5.09. The third-order valence-electron chi connectivity index (χ3n) is 4.14. The molecule has 0 aliphatic carbocycles. The second-order valence-corrected chi connectivity index (χ2v) is 6.52. The zero-order valence-corrected chi connectivity index (χ0v) is 13.0. The van der Waals surface area contributed by atoms with Crippen molar-refractivity contribution in [3.8, 4) is 11.1 Å². The third-order valence-corrected chi connectivity index (χ3v) is 4.47. The van der Waals surface area contributed by atoms with Crippen molar-refractivity contribution >= 4 is 23.3 Å². The van der Waals surface area contributed by atoms with E-state index in [4.69, 9.17) is 12.2 Å². The smallest absolute Gasteiger partial charge is 0.123 e. The number of halogens is 1. The van der Waals surface area contributed by atoms with Gasteiger partial charge >= 0.3 is 0 Å². The van der Waals surface area contributed by atoms with E-state index in [1.54, 1.807) is 17.5 Å². The molecule has 1 heterocycles. The molecule has 2 aromatic carbocycles. The van der Waals surface area contributed by atoms with Crippen molar-refractivity contribution in [2.24, 2.45) is 0 Å². The Kier molecular flexibility index (Phi) is 3.54. The van der Waals surface area contributed by atoms with Crippen LogP contribution >= 0.6 is 12.2 Å². The minimum absolute atomic E-state index is 0.0455. The fraction of sp³-hybridized carbons (Fsp3) is 0.278. The van der Waals surface area contributed by atoms with Gasteiger partial charge in [-0.05, 0) is 52.8 Å². The third kappa shape index (κ3) is 2.70. The molecule has 0 aromatic heterocycles. The number of rotatable bonds is 2. The van der Waals surface area contributed by atoms with E-state index in [0.717, 1.165) is 23.2 Å². The number of fused-ring (bicyclic) bond motifs is 1. The minimum atomic E-state index is -0.205. The van der Waals surface area contributed by atoms with Crippen LogP contribution in [0, 0.1) is 5.82 Å². The quantitative estimate of drug-likeness (QED) is 0.787. The van der Waals surface area contributed by atoms with Gasteiger partial charge in [0.15, 0.2) is 0 Å². The average molecular weight is 299 g/mol. The summed E-state index contributed by atoms with van der Waals surface area (Å²) in [4.78, 5) is 0. The molecular weight excluding hydrogens is 281 g/mol. The minimum Gasteiger partial charge on any atom is -0.378 e. The second kappa shape index (κ2) is 5.23. The van der Waals surface area contributed by atoms with Gasteiger partial charge in [0.2, 0.25) is 0 Å². The molecule has 0 bridgehead atoms. The Morgan fingerprint density at radius 3 is 2.67 bits per heavy atom. The fourth-order valence-electron chi connectivity index (χ4n) is 3.07. The summed E-state index contributed by atoms with van der Waals surface area (Å²) in [6.45, 7) is 4.46. The summed E-state index contributed by atoms with van der Waals surface area (Å²) in [7, 11) is 0.